The van der Waals surface area contributed by atoms with Crippen molar-refractivity contribution in [1.29, 1.82) is 0 Å². The van der Waals surface area contributed by atoms with Crippen molar-refractivity contribution in [2.24, 2.45) is 5.92 Å². The monoisotopic (exact) mass is 227 g/mol. The number of hydrogen-bond acceptors (Lipinski definition) is 2. The summed E-state index contributed by atoms with van der Waals surface area (Å²) in [6, 6.07) is 0. The second kappa shape index (κ2) is 6.61. The van der Waals surface area contributed by atoms with Gasteiger partial charge in [0.15, 0.2) is 0 Å². The molecule has 1 aromatic heterocycles. The molecule has 4 heteroatoms. The molecule has 0 aliphatic heterocycles. The molecule has 0 saturated heterocycles. The molecule has 0 aliphatic rings. The van der Waals surface area contributed by atoms with Crippen LogP contribution in [0.3, 0.4) is 0 Å². The third-order valence-corrected chi connectivity index (χ3v) is 2.56. The minimum Gasteiger partial charge on any atom is -0.219 e. The van der Waals surface area contributed by atoms with Crippen LogP contribution in [0.15, 0.2) is 0 Å². The first kappa shape index (κ1) is 13.1. The van der Waals surface area contributed by atoms with E-state index in [1.165, 1.54) is 17.5 Å². The van der Waals surface area contributed by atoms with E-state index in [-0.39, 0.29) is 5.95 Å². The molecule has 0 radical (unpaired) electrons. The normalized spacial score (nSPS) is 11.3. The van der Waals surface area contributed by atoms with Crippen molar-refractivity contribution in [1.82, 2.24) is 15.0 Å². The van der Waals surface area contributed by atoms with Gasteiger partial charge in [0, 0.05) is 6.54 Å². The maximum Gasteiger partial charge on any atom is 0.234 e. The second-order valence-electron chi connectivity index (χ2n) is 4.71. The quantitative estimate of drug-likeness (QED) is 0.670. The van der Waals surface area contributed by atoms with Gasteiger partial charge in [0.2, 0.25) is 5.95 Å². The Labute approximate surface area is 97.0 Å². The molecule has 16 heavy (non-hydrogen) atoms. The summed E-state index contributed by atoms with van der Waals surface area (Å²) in [5.41, 5.74) is 0.505. The van der Waals surface area contributed by atoms with Crippen LogP contribution < -0.4 is 0 Å². The highest BCUT2D eigenvalue weighted by molar-refractivity contribution is 4.96. The number of hydrogen-bond donors (Lipinski definition) is 0. The Morgan fingerprint density at radius 1 is 1.25 bits per heavy atom. The van der Waals surface area contributed by atoms with E-state index in [4.69, 9.17) is 0 Å². The lowest BCUT2D eigenvalue weighted by molar-refractivity contribution is 0.426. The van der Waals surface area contributed by atoms with Crippen molar-refractivity contribution in [3.05, 3.63) is 11.6 Å². The average molecular weight is 227 g/mol. The zero-order valence-corrected chi connectivity index (χ0v) is 10.5. The van der Waals surface area contributed by atoms with Crippen LogP contribution >= 0.6 is 0 Å². The number of aryl methyl sites for hydroxylation is 1. The van der Waals surface area contributed by atoms with Gasteiger partial charge in [-0.05, 0) is 18.8 Å². The average Bonchev–Trinajstić information content (AvgIpc) is 2.56. The Balaban J connectivity index is 2.45. The standard InChI is InChI=1S/C12H22FN3/c1-4-5-6-7-8-16-12(13)11(14-15-16)9-10(2)3/h10H,4-9H2,1-3H3. The predicted octanol–water partition coefficient (Wildman–Crippen LogP) is 3.20. The SMILES string of the molecule is CCCCCCn1nnc(CC(C)C)c1F. The van der Waals surface area contributed by atoms with E-state index in [2.05, 4.69) is 31.1 Å². The lowest BCUT2D eigenvalue weighted by atomic mass is 10.1. The van der Waals surface area contributed by atoms with E-state index < -0.39 is 0 Å². The van der Waals surface area contributed by atoms with Gasteiger partial charge in [-0.1, -0.05) is 45.2 Å². The molecule has 0 N–H and O–H groups in total. The van der Waals surface area contributed by atoms with Crippen molar-refractivity contribution in [3.8, 4) is 0 Å². The van der Waals surface area contributed by atoms with E-state index in [1.807, 2.05) is 0 Å². The summed E-state index contributed by atoms with van der Waals surface area (Å²) in [6.07, 6.45) is 5.18. The summed E-state index contributed by atoms with van der Waals surface area (Å²) >= 11 is 0. The summed E-state index contributed by atoms with van der Waals surface area (Å²) in [6.45, 7) is 6.92. The lowest BCUT2D eigenvalue weighted by Crippen LogP contribution is -2.04. The second-order valence-corrected chi connectivity index (χ2v) is 4.71. The Morgan fingerprint density at radius 3 is 2.62 bits per heavy atom. The minimum atomic E-state index is -0.245. The van der Waals surface area contributed by atoms with Gasteiger partial charge >= 0.3 is 0 Å². The molecule has 0 aromatic carbocycles. The highest BCUT2D eigenvalue weighted by Gasteiger charge is 2.12. The van der Waals surface area contributed by atoms with Crippen molar-refractivity contribution in [3.63, 3.8) is 0 Å². The van der Waals surface area contributed by atoms with Gasteiger partial charge in [0.1, 0.15) is 5.69 Å². The third kappa shape index (κ3) is 3.91. The third-order valence-electron chi connectivity index (χ3n) is 2.56. The number of halogens is 1. The summed E-state index contributed by atoms with van der Waals surface area (Å²) < 4.78 is 15.1. The smallest absolute Gasteiger partial charge is 0.219 e. The fourth-order valence-corrected chi connectivity index (χ4v) is 1.68. The Morgan fingerprint density at radius 2 is 2.00 bits per heavy atom. The van der Waals surface area contributed by atoms with E-state index in [0.717, 1.165) is 12.8 Å². The maximum atomic E-state index is 13.7. The van der Waals surface area contributed by atoms with Crippen LogP contribution in [0.4, 0.5) is 4.39 Å². The molecule has 1 heterocycles. The molecule has 0 bridgehead atoms. The van der Waals surface area contributed by atoms with Crippen LogP contribution in [0.2, 0.25) is 0 Å². The summed E-state index contributed by atoms with van der Waals surface area (Å²) in [5, 5.41) is 7.75. The molecule has 92 valence electrons. The highest BCUT2D eigenvalue weighted by atomic mass is 19.1. The molecule has 1 aromatic rings. The maximum absolute atomic E-state index is 13.7. The van der Waals surface area contributed by atoms with Crippen LogP contribution in [-0.4, -0.2) is 15.0 Å². The van der Waals surface area contributed by atoms with Gasteiger partial charge in [-0.15, -0.1) is 5.10 Å². The Bertz CT molecular complexity index is 307. The Kier molecular flexibility index (Phi) is 5.43. The van der Waals surface area contributed by atoms with Gasteiger partial charge in [-0.25, -0.2) is 4.68 Å². The van der Waals surface area contributed by atoms with Crippen LogP contribution in [0, 0.1) is 11.9 Å². The van der Waals surface area contributed by atoms with E-state index in [1.54, 1.807) is 0 Å². The van der Waals surface area contributed by atoms with Crippen LogP contribution in [0.25, 0.3) is 0 Å². The zero-order valence-electron chi connectivity index (χ0n) is 10.5. The van der Waals surface area contributed by atoms with Crippen LogP contribution in [-0.2, 0) is 13.0 Å². The van der Waals surface area contributed by atoms with Gasteiger partial charge < -0.3 is 0 Å². The lowest BCUT2D eigenvalue weighted by Gasteiger charge is -2.02. The number of unbranched alkanes of at least 4 members (excludes halogenated alkanes) is 3. The minimum absolute atomic E-state index is 0.245. The molecule has 0 fully saturated rings. The van der Waals surface area contributed by atoms with E-state index in [9.17, 15) is 4.39 Å². The molecule has 3 nitrogen and oxygen atoms in total. The highest BCUT2D eigenvalue weighted by Crippen LogP contribution is 2.10. The molecular weight excluding hydrogens is 205 g/mol. The largest absolute Gasteiger partial charge is 0.234 e. The number of rotatable bonds is 7. The number of nitrogens with zero attached hydrogens (tertiary/aromatic N) is 3. The fourth-order valence-electron chi connectivity index (χ4n) is 1.68. The predicted molar refractivity (Wildman–Crippen MR) is 62.7 cm³/mol. The first-order chi connectivity index (χ1) is 7.65. The van der Waals surface area contributed by atoms with Gasteiger partial charge in [-0.3, -0.25) is 0 Å². The molecule has 0 amide bonds. The molecule has 1 rings (SSSR count). The van der Waals surface area contributed by atoms with Crippen molar-refractivity contribution >= 4 is 0 Å². The molecule has 0 atom stereocenters. The summed E-state index contributed by atoms with van der Waals surface area (Å²) in [5.74, 6) is 0.171. The first-order valence-electron chi connectivity index (χ1n) is 6.23. The molecule has 0 unspecified atom stereocenters. The van der Waals surface area contributed by atoms with E-state index >= 15 is 0 Å². The summed E-state index contributed by atoms with van der Waals surface area (Å²) in [4.78, 5) is 0. The topological polar surface area (TPSA) is 30.7 Å². The van der Waals surface area contributed by atoms with E-state index in [0.29, 0.717) is 24.6 Å². The van der Waals surface area contributed by atoms with Crippen LogP contribution in [0.5, 0.6) is 0 Å². The van der Waals surface area contributed by atoms with Gasteiger partial charge in [0.05, 0.1) is 0 Å². The first-order valence-corrected chi connectivity index (χ1v) is 6.23. The van der Waals surface area contributed by atoms with Crippen molar-refractivity contribution in [2.45, 2.75) is 59.4 Å². The Hall–Kier alpha value is -0.930. The molecule has 0 aliphatic carbocycles. The van der Waals surface area contributed by atoms with Crippen molar-refractivity contribution < 1.29 is 4.39 Å². The van der Waals surface area contributed by atoms with Gasteiger partial charge in [0.25, 0.3) is 0 Å². The molecule has 0 spiro atoms. The fraction of sp³-hybridized carbons (Fsp3) is 0.833. The zero-order chi connectivity index (χ0) is 12.0. The molecular formula is C12H22FN3. The van der Waals surface area contributed by atoms with Gasteiger partial charge in [-0.2, -0.15) is 4.39 Å². The molecule has 0 saturated carbocycles. The number of aromatic nitrogens is 3. The van der Waals surface area contributed by atoms with Crippen molar-refractivity contribution in [2.75, 3.05) is 0 Å². The van der Waals surface area contributed by atoms with Crippen LogP contribution in [0.1, 0.15) is 52.1 Å². The summed E-state index contributed by atoms with van der Waals surface area (Å²) in [7, 11) is 0.